The molecule has 2 aromatic heterocycles. The van der Waals surface area contributed by atoms with Crippen LogP contribution in [-0.2, 0) is 4.79 Å². The molecule has 10 heteroatoms. The molecule has 1 amide bonds. The minimum absolute atomic E-state index is 0.229. The number of anilines is 1. The van der Waals surface area contributed by atoms with E-state index in [2.05, 4.69) is 20.7 Å². The number of nitrogens with one attached hydrogen (secondary N) is 1. The summed E-state index contributed by atoms with van der Waals surface area (Å²) in [6, 6.07) is 16.5. The summed E-state index contributed by atoms with van der Waals surface area (Å²) < 4.78 is 12.4. The molecule has 0 spiro atoms. The molecule has 2 aromatic carbocycles. The summed E-state index contributed by atoms with van der Waals surface area (Å²) in [5.41, 5.74) is 1.59. The van der Waals surface area contributed by atoms with E-state index in [-0.39, 0.29) is 5.91 Å². The Labute approximate surface area is 193 Å². The zero-order valence-corrected chi connectivity index (χ0v) is 19.1. The summed E-state index contributed by atoms with van der Waals surface area (Å²) in [5.74, 6) is 2.01. The third-order valence-electron chi connectivity index (χ3n) is 4.60. The van der Waals surface area contributed by atoms with Crippen LogP contribution in [0.4, 0.5) is 5.82 Å². The minimum Gasteiger partial charge on any atom is -0.496 e. The molecule has 4 aromatic rings. The number of methoxy groups -OCH3 is 1. The topological polar surface area (TPSA) is 95.1 Å². The van der Waals surface area contributed by atoms with E-state index in [0.717, 1.165) is 11.3 Å². The normalized spacial score (nSPS) is 11.9. The van der Waals surface area contributed by atoms with Gasteiger partial charge in [0.15, 0.2) is 16.8 Å². The van der Waals surface area contributed by atoms with Gasteiger partial charge in [-0.25, -0.2) is 0 Å². The first kappa shape index (κ1) is 21.9. The Morgan fingerprint density at radius 1 is 1.19 bits per heavy atom. The van der Waals surface area contributed by atoms with Crippen molar-refractivity contribution in [1.82, 2.24) is 19.9 Å². The minimum atomic E-state index is -0.479. The van der Waals surface area contributed by atoms with Crippen LogP contribution in [0, 0.1) is 6.92 Å². The van der Waals surface area contributed by atoms with Gasteiger partial charge in [0.1, 0.15) is 11.5 Å². The largest absolute Gasteiger partial charge is 0.496 e. The van der Waals surface area contributed by atoms with Crippen LogP contribution >= 0.6 is 23.4 Å². The number of nitrogens with zero attached hydrogens (tertiary/aromatic N) is 4. The second-order valence-electron chi connectivity index (χ2n) is 6.89. The van der Waals surface area contributed by atoms with Crippen LogP contribution in [0.25, 0.3) is 17.1 Å². The van der Waals surface area contributed by atoms with Gasteiger partial charge in [0, 0.05) is 16.8 Å². The van der Waals surface area contributed by atoms with E-state index < -0.39 is 5.25 Å². The van der Waals surface area contributed by atoms with Crippen LogP contribution in [0.2, 0.25) is 5.02 Å². The summed E-state index contributed by atoms with van der Waals surface area (Å²) >= 11 is 7.37. The fraction of sp³-hybridized carbons (Fsp3) is 0.182. The number of carbonyl (C=O) groups is 1. The Kier molecular flexibility index (Phi) is 6.48. The predicted octanol–water partition coefficient (Wildman–Crippen LogP) is 5.01. The van der Waals surface area contributed by atoms with Crippen LogP contribution in [0.3, 0.4) is 0 Å². The summed E-state index contributed by atoms with van der Waals surface area (Å²) in [5, 5.41) is 16.0. The van der Waals surface area contributed by atoms with Crippen molar-refractivity contribution in [3.8, 4) is 22.8 Å². The van der Waals surface area contributed by atoms with Crippen LogP contribution in [-0.4, -0.2) is 38.2 Å². The lowest BCUT2D eigenvalue weighted by Crippen LogP contribution is -2.23. The highest BCUT2D eigenvalue weighted by Gasteiger charge is 2.23. The SMILES string of the molecule is COc1ccccc1-c1nnc(SC(C)C(=O)Nc2cc(C)on2)n1-c1ccc(Cl)cc1. The van der Waals surface area contributed by atoms with Crippen LogP contribution in [0.15, 0.2) is 64.3 Å². The highest BCUT2D eigenvalue weighted by molar-refractivity contribution is 8.00. The molecular weight excluding hydrogens is 450 g/mol. The van der Waals surface area contributed by atoms with E-state index in [0.29, 0.717) is 33.3 Å². The molecule has 4 rings (SSSR count). The van der Waals surface area contributed by atoms with Crippen molar-refractivity contribution in [2.45, 2.75) is 24.3 Å². The number of halogens is 1. The zero-order chi connectivity index (χ0) is 22.7. The number of aryl methyl sites for hydroxylation is 1. The van der Waals surface area contributed by atoms with Crippen molar-refractivity contribution in [3.05, 3.63) is 65.4 Å². The molecule has 0 bridgehead atoms. The smallest absolute Gasteiger partial charge is 0.238 e. The van der Waals surface area contributed by atoms with Gasteiger partial charge in [-0.3, -0.25) is 9.36 Å². The van der Waals surface area contributed by atoms with E-state index in [9.17, 15) is 4.79 Å². The Balaban J connectivity index is 1.69. The molecule has 1 unspecified atom stereocenters. The summed E-state index contributed by atoms with van der Waals surface area (Å²) in [4.78, 5) is 12.7. The number of rotatable bonds is 7. The van der Waals surface area contributed by atoms with E-state index in [1.54, 1.807) is 39.2 Å². The standard InChI is InChI=1S/C22H20ClN5O3S/c1-13-12-19(27-31-13)24-21(29)14(2)32-22-26-25-20(17-6-4-5-7-18(17)30-3)28(22)16-10-8-15(23)9-11-16/h4-12,14H,1-3H3,(H,24,27,29). The van der Waals surface area contributed by atoms with Gasteiger partial charge in [0.25, 0.3) is 0 Å². The summed E-state index contributed by atoms with van der Waals surface area (Å²) in [6.45, 7) is 3.55. The van der Waals surface area contributed by atoms with E-state index in [1.165, 1.54) is 11.8 Å². The zero-order valence-electron chi connectivity index (χ0n) is 17.6. The molecule has 8 nitrogen and oxygen atoms in total. The van der Waals surface area contributed by atoms with Crippen molar-refractivity contribution >= 4 is 35.1 Å². The van der Waals surface area contributed by atoms with E-state index in [1.807, 2.05) is 41.0 Å². The molecule has 0 aliphatic rings. The number of hydrogen-bond acceptors (Lipinski definition) is 7. The number of hydrogen-bond donors (Lipinski definition) is 1. The van der Waals surface area contributed by atoms with Crippen molar-refractivity contribution in [3.63, 3.8) is 0 Å². The molecule has 32 heavy (non-hydrogen) atoms. The highest BCUT2D eigenvalue weighted by atomic mass is 35.5. The lowest BCUT2D eigenvalue weighted by Gasteiger charge is -2.14. The van der Waals surface area contributed by atoms with E-state index >= 15 is 0 Å². The molecule has 1 N–H and O–H groups in total. The average molecular weight is 470 g/mol. The Morgan fingerprint density at radius 3 is 2.62 bits per heavy atom. The van der Waals surface area contributed by atoms with Gasteiger partial charge in [0.05, 0.1) is 17.9 Å². The van der Waals surface area contributed by atoms with Gasteiger partial charge >= 0.3 is 0 Å². The van der Waals surface area contributed by atoms with Crippen LogP contribution < -0.4 is 10.1 Å². The van der Waals surface area contributed by atoms with Gasteiger partial charge in [-0.1, -0.05) is 40.7 Å². The van der Waals surface area contributed by atoms with Crippen molar-refractivity contribution in [2.75, 3.05) is 12.4 Å². The molecule has 0 saturated heterocycles. The van der Waals surface area contributed by atoms with Gasteiger partial charge in [-0.2, -0.15) is 0 Å². The molecular formula is C22H20ClN5O3S. The monoisotopic (exact) mass is 469 g/mol. The first-order valence-corrected chi connectivity index (χ1v) is 11.0. The maximum Gasteiger partial charge on any atom is 0.238 e. The summed E-state index contributed by atoms with van der Waals surface area (Å²) in [6.07, 6.45) is 0. The predicted molar refractivity (Wildman–Crippen MR) is 124 cm³/mol. The molecule has 0 aliphatic carbocycles. The molecule has 1 atom stereocenters. The Hall–Kier alpha value is -3.30. The van der Waals surface area contributed by atoms with Gasteiger partial charge in [0.2, 0.25) is 5.91 Å². The Bertz CT molecular complexity index is 1240. The molecule has 2 heterocycles. The molecule has 0 saturated carbocycles. The molecule has 0 aliphatic heterocycles. The lowest BCUT2D eigenvalue weighted by molar-refractivity contribution is -0.115. The quantitative estimate of drug-likeness (QED) is 0.380. The second-order valence-corrected chi connectivity index (χ2v) is 8.63. The molecule has 0 fully saturated rings. The number of ether oxygens (including phenoxy) is 1. The van der Waals surface area contributed by atoms with Crippen LogP contribution in [0.5, 0.6) is 5.75 Å². The van der Waals surface area contributed by atoms with Crippen molar-refractivity contribution in [2.24, 2.45) is 0 Å². The number of thioether (sulfide) groups is 1. The summed E-state index contributed by atoms with van der Waals surface area (Å²) in [7, 11) is 1.61. The van der Waals surface area contributed by atoms with Crippen molar-refractivity contribution in [1.29, 1.82) is 0 Å². The number of benzene rings is 2. The Morgan fingerprint density at radius 2 is 1.94 bits per heavy atom. The van der Waals surface area contributed by atoms with E-state index in [4.69, 9.17) is 20.9 Å². The highest BCUT2D eigenvalue weighted by Crippen LogP contribution is 2.34. The first-order chi connectivity index (χ1) is 15.5. The van der Waals surface area contributed by atoms with Gasteiger partial charge < -0.3 is 14.6 Å². The van der Waals surface area contributed by atoms with Gasteiger partial charge in [-0.05, 0) is 50.2 Å². The number of aromatic nitrogens is 4. The maximum absolute atomic E-state index is 12.7. The number of amides is 1. The number of carbonyl (C=O) groups excluding carboxylic acids is 1. The molecule has 0 radical (unpaired) electrons. The maximum atomic E-state index is 12.7. The average Bonchev–Trinajstić information content (AvgIpc) is 3.40. The third kappa shape index (κ3) is 4.63. The first-order valence-electron chi connectivity index (χ1n) is 9.72. The fourth-order valence-corrected chi connectivity index (χ4v) is 4.03. The molecule has 164 valence electrons. The third-order valence-corrected chi connectivity index (χ3v) is 5.89. The second kappa shape index (κ2) is 9.46. The number of para-hydroxylation sites is 1. The fourth-order valence-electron chi connectivity index (χ4n) is 3.04. The lowest BCUT2D eigenvalue weighted by atomic mass is 10.2. The van der Waals surface area contributed by atoms with Gasteiger partial charge in [-0.15, -0.1) is 10.2 Å². The van der Waals surface area contributed by atoms with Crippen LogP contribution in [0.1, 0.15) is 12.7 Å². The van der Waals surface area contributed by atoms with Crippen molar-refractivity contribution < 1.29 is 14.1 Å².